The molecule has 1 heteroatoms. The van der Waals surface area contributed by atoms with Crippen molar-refractivity contribution in [1.82, 2.24) is 0 Å². The fourth-order valence-electron chi connectivity index (χ4n) is 0.820. The summed E-state index contributed by atoms with van der Waals surface area (Å²) in [5.74, 6) is 0. The summed E-state index contributed by atoms with van der Waals surface area (Å²) in [6.45, 7) is 3.72. The minimum absolute atomic E-state index is 0. The third-order valence-electron chi connectivity index (χ3n) is 1.45. The molecule has 1 nitrogen and oxygen atoms in total. The molecule has 0 unspecified atom stereocenters. The van der Waals surface area contributed by atoms with Crippen molar-refractivity contribution < 1.29 is 5.48 Å². The molecule has 0 saturated heterocycles. The van der Waals surface area contributed by atoms with Crippen molar-refractivity contribution >= 4 is 0 Å². The van der Waals surface area contributed by atoms with E-state index < -0.39 is 0 Å². The summed E-state index contributed by atoms with van der Waals surface area (Å²) < 4.78 is 0. The van der Waals surface area contributed by atoms with Gasteiger partial charge in [0.05, 0.1) is 0 Å². The summed E-state index contributed by atoms with van der Waals surface area (Å²) in [7, 11) is 0. The van der Waals surface area contributed by atoms with Crippen molar-refractivity contribution in [2.45, 2.75) is 0 Å². The van der Waals surface area contributed by atoms with Crippen molar-refractivity contribution in [2.24, 2.45) is 0 Å². The number of hydrogen-bond donors (Lipinski definition) is 1. The fourth-order valence-corrected chi connectivity index (χ4v) is 0.820. The van der Waals surface area contributed by atoms with E-state index in [0.29, 0.717) is 0 Å². The Balaban J connectivity index is 0.000000227. The number of rotatable bonds is 0. The lowest BCUT2D eigenvalue weighted by molar-refractivity contribution is 0.824. The van der Waals surface area contributed by atoms with Gasteiger partial charge in [0.1, 0.15) is 0 Å². The Morgan fingerprint density at radius 2 is 1.29 bits per heavy atom. The van der Waals surface area contributed by atoms with Gasteiger partial charge in [-0.3, -0.25) is 5.48 Å². The second-order valence-corrected chi connectivity index (χ2v) is 2.56. The number of benzene rings is 2. The number of hydrogen-bond acceptors (Lipinski definition) is 0. The minimum atomic E-state index is 0. The Bertz CT molecular complexity index is 276. The summed E-state index contributed by atoms with van der Waals surface area (Å²) in [5.41, 5.74) is 1.07. The average molecular weight is 185 g/mol. The minimum Gasteiger partial charge on any atom is -0.255 e. The second-order valence-electron chi connectivity index (χ2n) is 2.56. The third kappa shape index (κ3) is 5.98. The first-order valence-electron chi connectivity index (χ1n) is 4.17. The van der Waals surface area contributed by atoms with Gasteiger partial charge in [0, 0.05) is 0 Å². The largest absolute Gasteiger partial charge is 0.255 e. The molecule has 0 aliphatic heterocycles. The highest BCUT2D eigenvalue weighted by molar-refractivity contribution is 5.16. The topological polar surface area (TPSA) is 30.0 Å². The van der Waals surface area contributed by atoms with E-state index in [4.69, 9.17) is 0 Å². The molecule has 1 N–H and O–H groups in total. The molecule has 2 aromatic rings. The zero-order valence-electron chi connectivity index (χ0n) is 7.93. The molecule has 0 amide bonds. The zero-order valence-corrected chi connectivity index (χ0v) is 7.93. The van der Waals surface area contributed by atoms with Gasteiger partial charge in [-0.25, -0.2) is 0 Å². The van der Waals surface area contributed by atoms with Crippen LogP contribution in [0.3, 0.4) is 0 Å². The second kappa shape index (κ2) is 8.02. The van der Waals surface area contributed by atoms with Gasteiger partial charge < -0.3 is 0 Å². The highest BCUT2D eigenvalue weighted by Gasteiger charge is 1.72. The first-order chi connectivity index (χ1) is 6.39. The van der Waals surface area contributed by atoms with Crippen molar-refractivity contribution in [3.05, 3.63) is 79.2 Å². The van der Waals surface area contributed by atoms with Crippen LogP contribution in [-0.4, -0.2) is 5.48 Å². The van der Waals surface area contributed by atoms with E-state index in [1.165, 1.54) is 0 Å². The molecular formula is C13H13O. The lowest BCUT2D eigenvalue weighted by atomic mass is 10.2. The highest BCUT2D eigenvalue weighted by Crippen LogP contribution is 1.92. The molecule has 0 aliphatic rings. The molecule has 0 saturated carbocycles. The SMILES string of the molecule is [CH2]c1ccccc1.[OH].[c]1ccccc1. The van der Waals surface area contributed by atoms with Crippen LogP contribution in [0.4, 0.5) is 0 Å². The predicted octanol–water partition coefficient (Wildman–Crippen LogP) is 3.18. The van der Waals surface area contributed by atoms with Crippen LogP contribution < -0.4 is 0 Å². The van der Waals surface area contributed by atoms with Crippen LogP contribution in [0.2, 0.25) is 0 Å². The third-order valence-corrected chi connectivity index (χ3v) is 1.45. The molecule has 0 spiro atoms. The summed E-state index contributed by atoms with van der Waals surface area (Å²) in [5, 5.41) is 0. The molecule has 0 bridgehead atoms. The van der Waals surface area contributed by atoms with Gasteiger partial charge in [0.2, 0.25) is 0 Å². The van der Waals surface area contributed by atoms with Crippen LogP contribution in [0.15, 0.2) is 60.7 Å². The van der Waals surface area contributed by atoms with Gasteiger partial charge in [-0.05, 0) is 18.6 Å². The Morgan fingerprint density at radius 3 is 1.50 bits per heavy atom. The monoisotopic (exact) mass is 185 g/mol. The van der Waals surface area contributed by atoms with Crippen LogP contribution in [0.25, 0.3) is 0 Å². The van der Waals surface area contributed by atoms with Crippen LogP contribution in [0, 0.1) is 13.0 Å². The summed E-state index contributed by atoms with van der Waals surface area (Å²) in [6, 6.07) is 22.4. The van der Waals surface area contributed by atoms with E-state index in [0.717, 1.165) is 5.56 Å². The van der Waals surface area contributed by atoms with Gasteiger partial charge in [0.15, 0.2) is 0 Å². The summed E-state index contributed by atoms with van der Waals surface area (Å²) >= 11 is 0. The van der Waals surface area contributed by atoms with Gasteiger partial charge in [0.25, 0.3) is 0 Å². The lowest BCUT2D eigenvalue weighted by Gasteiger charge is -1.82. The molecule has 0 heterocycles. The molecule has 0 atom stereocenters. The Labute approximate surface area is 85.3 Å². The summed E-state index contributed by atoms with van der Waals surface area (Å²) in [4.78, 5) is 0. The molecular weight excluding hydrogens is 172 g/mol. The first kappa shape index (κ1) is 12.4. The van der Waals surface area contributed by atoms with E-state index >= 15 is 0 Å². The van der Waals surface area contributed by atoms with Crippen molar-refractivity contribution in [3.8, 4) is 0 Å². The smallest absolute Gasteiger partial charge is 0.0184 e. The van der Waals surface area contributed by atoms with E-state index in [-0.39, 0.29) is 5.48 Å². The van der Waals surface area contributed by atoms with E-state index in [2.05, 4.69) is 13.0 Å². The Hall–Kier alpha value is -1.60. The van der Waals surface area contributed by atoms with Gasteiger partial charge in [-0.2, -0.15) is 0 Å². The van der Waals surface area contributed by atoms with Gasteiger partial charge in [-0.15, -0.1) is 0 Å². The molecule has 2 rings (SSSR count). The standard InChI is InChI=1S/C7H7.C6H5.HO/c1-7-5-3-2-4-6-7;1-2-4-6-5-3-1;/h2-6H,1H2;1-5H;1H. The molecule has 0 fully saturated rings. The quantitative estimate of drug-likeness (QED) is 0.653. The molecule has 3 radical (unpaired) electrons. The van der Waals surface area contributed by atoms with Crippen LogP contribution in [0.5, 0.6) is 0 Å². The maximum Gasteiger partial charge on any atom is -0.0184 e. The molecule has 0 aromatic heterocycles. The van der Waals surface area contributed by atoms with Crippen LogP contribution in [0.1, 0.15) is 5.56 Å². The lowest BCUT2D eigenvalue weighted by Crippen LogP contribution is -1.62. The van der Waals surface area contributed by atoms with E-state index in [1.807, 2.05) is 60.7 Å². The summed E-state index contributed by atoms with van der Waals surface area (Å²) in [6.07, 6.45) is 0. The zero-order chi connectivity index (χ0) is 9.36. The van der Waals surface area contributed by atoms with E-state index in [1.54, 1.807) is 0 Å². The van der Waals surface area contributed by atoms with Crippen LogP contribution in [-0.2, 0) is 0 Å². The maximum absolute atomic E-state index is 3.72. The molecule has 2 aromatic carbocycles. The molecule has 14 heavy (non-hydrogen) atoms. The molecule has 71 valence electrons. The first-order valence-corrected chi connectivity index (χ1v) is 4.17. The average Bonchev–Trinajstić information content (AvgIpc) is 2.22. The van der Waals surface area contributed by atoms with Gasteiger partial charge in [-0.1, -0.05) is 60.7 Å². The van der Waals surface area contributed by atoms with Crippen LogP contribution >= 0.6 is 0 Å². The van der Waals surface area contributed by atoms with Crippen molar-refractivity contribution in [1.29, 1.82) is 0 Å². The Kier molecular flexibility index (Phi) is 7.10. The van der Waals surface area contributed by atoms with Crippen molar-refractivity contribution in [2.75, 3.05) is 0 Å². The van der Waals surface area contributed by atoms with Crippen molar-refractivity contribution in [3.63, 3.8) is 0 Å². The van der Waals surface area contributed by atoms with Gasteiger partial charge >= 0.3 is 0 Å². The highest BCUT2D eigenvalue weighted by atomic mass is 16.0. The molecule has 0 aliphatic carbocycles. The van der Waals surface area contributed by atoms with E-state index in [9.17, 15) is 0 Å². The predicted molar refractivity (Wildman–Crippen MR) is 58.1 cm³/mol. The fraction of sp³-hybridized carbons (Fsp3) is 0. The Morgan fingerprint density at radius 1 is 0.786 bits per heavy atom. The normalized spacial score (nSPS) is 7.79. The maximum atomic E-state index is 3.72.